The third kappa shape index (κ3) is 4.21. The fourth-order valence-electron chi connectivity index (χ4n) is 3.37. The lowest BCUT2D eigenvalue weighted by molar-refractivity contribution is 0.102. The van der Waals surface area contributed by atoms with Crippen LogP contribution in [0.3, 0.4) is 0 Å². The van der Waals surface area contributed by atoms with Crippen molar-refractivity contribution in [1.82, 2.24) is 0 Å². The van der Waals surface area contributed by atoms with E-state index in [4.69, 9.17) is 5.73 Å². The average molecular weight is 426 g/mol. The van der Waals surface area contributed by atoms with Crippen molar-refractivity contribution < 1.29 is 9.18 Å². The highest BCUT2D eigenvalue weighted by Gasteiger charge is 2.32. The number of hydrogen-bond donors (Lipinski definition) is 2. The molecule has 0 saturated carbocycles. The Hall–Kier alpha value is -2.64. The third-order valence-corrected chi connectivity index (χ3v) is 6.46. The molecule has 0 saturated heterocycles. The molecule has 1 aromatic heterocycles. The normalized spacial score (nSPS) is 18.9. The van der Waals surface area contributed by atoms with Gasteiger partial charge in [0.1, 0.15) is 5.82 Å². The molecule has 1 aliphatic heterocycles. The molecule has 2 aromatic carbocycles. The molecule has 1 amide bonds. The van der Waals surface area contributed by atoms with E-state index in [-0.39, 0.29) is 11.7 Å². The smallest absolute Gasteiger partial charge is 0.255 e. The fourth-order valence-corrected chi connectivity index (χ4v) is 5.01. The summed E-state index contributed by atoms with van der Waals surface area (Å²) in [7, 11) is 0. The molecule has 0 aliphatic carbocycles. The zero-order valence-corrected chi connectivity index (χ0v) is 17.4. The number of thioether (sulfide) groups is 1. The van der Waals surface area contributed by atoms with Crippen molar-refractivity contribution in [2.45, 2.75) is 18.9 Å². The number of aliphatic imine (C=N–C) groups is 1. The first kappa shape index (κ1) is 19.7. The van der Waals surface area contributed by atoms with Crippen molar-refractivity contribution in [3.63, 3.8) is 0 Å². The first-order chi connectivity index (χ1) is 13.9. The molecule has 1 aliphatic rings. The van der Waals surface area contributed by atoms with E-state index in [2.05, 4.69) is 10.3 Å². The minimum absolute atomic E-state index is 0.244. The topological polar surface area (TPSA) is 67.5 Å². The molecule has 4 nitrogen and oxygen atoms in total. The van der Waals surface area contributed by atoms with E-state index >= 15 is 0 Å². The number of amides is 1. The van der Waals surface area contributed by atoms with Gasteiger partial charge in [-0.3, -0.25) is 9.79 Å². The van der Waals surface area contributed by atoms with Gasteiger partial charge in [-0.15, -0.1) is 0 Å². The summed E-state index contributed by atoms with van der Waals surface area (Å²) in [5, 5.41) is 7.38. The third-order valence-electron chi connectivity index (χ3n) is 4.98. The first-order valence-electron chi connectivity index (χ1n) is 9.17. The number of thiophene rings is 1. The zero-order valence-electron chi connectivity index (χ0n) is 15.8. The lowest BCUT2D eigenvalue weighted by Gasteiger charge is -2.30. The van der Waals surface area contributed by atoms with Gasteiger partial charge >= 0.3 is 0 Å². The predicted molar refractivity (Wildman–Crippen MR) is 120 cm³/mol. The maximum absolute atomic E-state index is 14.6. The Labute approximate surface area is 177 Å². The molecule has 7 heteroatoms. The second kappa shape index (κ2) is 8.00. The van der Waals surface area contributed by atoms with Gasteiger partial charge in [-0.1, -0.05) is 23.9 Å². The molecular weight excluding hydrogens is 405 g/mol. The van der Waals surface area contributed by atoms with Gasteiger partial charge in [-0.05, 0) is 71.6 Å². The lowest BCUT2D eigenvalue weighted by Crippen LogP contribution is -2.29. The predicted octanol–water partition coefficient (Wildman–Crippen LogP) is 5.47. The number of rotatable bonds is 4. The summed E-state index contributed by atoms with van der Waals surface area (Å²) in [6.07, 6.45) is 0.676. The van der Waals surface area contributed by atoms with Crippen LogP contribution in [0.1, 0.15) is 29.3 Å². The standard InChI is InChI=1S/C22H20FN3OS2/c1-22(8-10-29-21(24)26-22)18-12-17(5-6-19(18)23)25-20(27)15-4-2-3-14(11-15)16-7-9-28-13-16/h2-7,9,11-13H,8,10H2,1H3,(H2,24,26)(H,25,27). The number of benzene rings is 2. The van der Waals surface area contributed by atoms with Crippen LogP contribution in [0.25, 0.3) is 11.1 Å². The molecule has 0 fully saturated rings. The molecule has 2 heterocycles. The number of anilines is 1. The van der Waals surface area contributed by atoms with Gasteiger partial charge in [0.2, 0.25) is 0 Å². The van der Waals surface area contributed by atoms with Crippen LogP contribution in [-0.2, 0) is 5.54 Å². The number of nitrogens with zero attached hydrogens (tertiary/aromatic N) is 1. The average Bonchev–Trinajstić information content (AvgIpc) is 3.24. The van der Waals surface area contributed by atoms with Gasteiger partial charge in [0.25, 0.3) is 5.91 Å². The number of nitrogens with one attached hydrogen (secondary N) is 1. The van der Waals surface area contributed by atoms with Crippen LogP contribution in [-0.4, -0.2) is 16.8 Å². The Balaban J connectivity index is 1.60. The van der Waals surface area contributed by atoms with Gasteiger partial charge in [0, 0.05) is 22.6 Å². The molecule has 0 radical (unpaired) electrons. The SMILES string of the molecule is CC1(c2cc(NC(=O)c3cccc(-c4ccsc4)c3)ccc2F)CCSC(N)=N1. The van der Waals surface area contributed by atoms with E-state index in [1.807, 2.05) is 41.9 Å². The molecule has 0 spiro atoms. The highest BCUT2D eigenvalue weighted by atomic mass is 32.2. The molecule has 29 heavy (non-hydrogen) atoms. The van der Waals surface area contributed by atoms with Crippen LogP contribution in [0.2, 0.25) is 0 Å². The van der Waals surface area contributed by atoms with Crippen LogP contribution in [0.5, 0.6) is 0 Å². The molecule has 148 valence electrons. The second-order valence-corrected chi connectivity index (χ2v) is 8.96. The van der Waals surface area contributed by atoms with E-state index in [1.165, 1.54) is 17.8 Å². The van der Waals surface area contributed by atoms with Gasteiger partial charge in [-0.25, -0.2) is 4.39 Å². The Morgan fingerprint density at radius 1 is 1.21 bits per heavy atom. The molecular formula is C22H20FN3OS2. The fraction of sp³-hybridized carbons (Fsp3) is 0.182. The van der Waals surface area contributed by atoms with Crippen molar-refractivity contribution >= 4 is 39.9 Å². The second-order valence-electron chi connectivity index (χ2n) is 7.06. The number of halogens is 1. The van der Waals surface area contributed by atoms with Gasteiger partial charge in [-0.2, -0.15) is 11.3 Å². The van der Waals surface area contributed by atoms with Crippen molar-refractivity contribution in [2.24, 2.45) is 10.7 Å². The number of nitrogens with two attached hydrogens (primary N) is 1. The van der Waals surface area contributed by atoms with E-state index in [1.54, 1.807) is 29.5 Å². The largest absolute Gasteiger partial charge is 0.379 e. The van der Waals surface area contributed by atoms with Crippen LogP contribution in [0, 0.1) is 5.82 Å². The van der Waals surface area contributed by atoms with Gasteiger partial charge in [0.05, 0.1) is 5.54 Å². The highest BCUT2D eigenvalue weighted by Crippen LogP contribution is 2.37. The summed E-state index contributed by atoms with van der Waals surface area (Å²) in [6.45, 7) is 1.87. The Kier molecular flexibility index (Phi) is 5.43. The Morgan fingerprint density at radius 2 is 2.07 bits per heavy atom. The zero-order chi connectivity index (χ0) is 20.4. The molecule has 3 N–H and O–H groups in total. The molecule has 0 bridgehead atoms. The molecule has 3 aromatic rings. The summed E-state index contributed by atoms with van der Waals surface area (Å²) in [5.41, 5.74) is 8.70. The van der Waals surface area contributed by atoms with Crippen molar-refractivity contribution in [1.29, 1.82) is 0 Å². The highest BCUT2D eigenvalue weighted by molar-refractivity contribution is 8.13. The Bertz CT molecular complexity index is 1080. The maximum atomic E-state index is 14.6. The van der Waals surface area contributed by atoms with Crippen LogP contribution < -0.4 is 11.1 Å². The molecule has 1 atom stereocenters. The van der Waals surface area contributed by atoms with Crippen molar-refractivity contribution in [3.05, 3.63) is 76.2 Å². The van der Waals surface area contributed by atoms with Crippen molar-refractivity contribution in [2.75, 3.05) is 11.1 Å². The lowest BCUT2D eigenvalue weighted by atomic mass is 9.89. The minimum atomic E-state index is -0.737. The molecule has 4 rings (SSSR count). The first-order valence-corrected chi connectivity index (χ1v) is 11.1. The quantitative estimate of drug-likeness (QED) is 0.582. The summed E-state index contributed by atoms with van der Waals surface area (Å²) in [6, 6.07) is 14.0. The Morgan fingerprint density at radius 3 is 2.83 bits per heavy atom. The van der Waals surface area contributed by atoms with Gasteiger partial charge < -0.3 is 11.1 Å². The number of amidine groups is 1. The number of hydrogen-bond acceptors (Lipinski definition) is 5. The van der Waals surface area contributed by atoms with E-state index in [9.17, 15) is 9.18 Å². The number of carbonyl (C=O) groups excluding carboxylic acids is 1. The summed E-state index contributed by atoms with van der Waals surface area (Å²) in [5.74, 6) is 0.178. The number of carbonyl (C=O) groups is 1. The maximum Gasteiger partial charge on any atom is 0.255 e. The van der Waals surface area contributed by atoms with E-state index in [0.29, 0.717) is 28.4 Å². The molecule has 1 unspecified atom stereocenters. The van der Waals surface area contributed by atoms with Crippen LogP contribution in [0.15, 0.2) is 64.3 Å². The summed E-state index contributed by atoms with van der Waals surface area (Å²) in [4.78, 5) is 17.3. The summed E-state index contributed by atoms with van der Waals surface area (Å²) < 4.78 is 14.6. The van der Waals surface area contributed by atoms with Crippen molar-refractivity contribution in [3.8, 4) is 11.1 Å². The van der Waals surface area contributed by atoms with Gasteiger partial charge in [0.15, 0.2) is 5.17 Å². The van der Waals surface area contributed by atoms with Crippen LogP contribution in [0.4, 0.5) is 10.1 Å². The van der Waals surface area contributed by atoms with Crippen LogP contribution >= 0.6 is 23.1 Å². The van der Waals surface area contributed by atoms with E-state index in [0.717, 1.165) is 16.9 Å². The van der Waals surface area contributed by atoms with E-state index < -0.39 is 5.54 Å². The minimum Gasteiger partial charge on any atom is -0.379 e. The summed E-state index contributed by atoms with van der Waals surface area (Å²) >= 11 is 3.08. The monoisotopic (exact) mass is 425 g/mol.